The Kier molecular flexibility index (Phi) is 5.00. The zero-order valence-corrected chi connectivity index (χ0v) is 13.6. The number of hydrogen-bond acceptors (Lipinski definition) is 7. The van der Waals surface area contributed by atoms with Crippen molar-refractivity contribution in [1.82, 2.24) is 30.2 Å². The fraction of sp³-hybridized carbons (Fsp3) is 0.333. The molecule has 8 nitrogen and oxygen atoms in total. The summed E-state index contributed by atoms with van der Waals surface area (Å²) in [5.74, 6) is 0.752. The van der Waals surface area contributed by atoms with Crippen LogP contribution in [-0.2, 0) is 0 Å². The minimum atomic E-state index is -4.40. The number of aromatic nitrogens is 5. The predicted octanol–water partition coefficient (Wildman–Crippen LogP) is 1.69. The van der Waals surface area contributed by atoms with Crippen LogP contribution < -0.4 is 10.6 Å². The summed E-state index contributed by atoms with van der Waals surface area (Å²) in [7, 11) is 0. The number of hydrogen-bond donors (Lipinski definition) is 4. The van der Waals surface area contributed by atoms with Crippen LogP contribution in [0.1, 0.15) is 6.92 Å². The molecule has 0 aliphatic heterocycles. The van der Waals surface area contributed by atoms with Crippen LogP contribution in [-0.4, -0.2) is 55.0 Å². The van der Waals surface area contributed by atoms with E-state index in [-0.39, 0.29) is 0 Å². The molecule has 11 heteroatoms. The molecule has 138 valence electrons. The number of anilines is 1. The molecule has 0 aromatic carbocycles. The lowest BCUT2D eigenvalue weighted by Crippen LogP contribution is -2.46. The molecular weight excluding hydrogens is 351 g/mol. The van der Waals surface area contributed by atoms with E-state index in [2.05, 4.69) is 30.2 Å². The fourth-order valence-electron chi connectivity index (χ4n) is 2.32. The SMILES string of the molecule is C[C@@H](Nc1ccnc(-c2c[nH]c3ncncc23)n1)C(O)NCC(F)(F)F. The average molecular weight is 367 g/mol. The lowest BCUT2D eigenvalue weighted by atomic mass is 10.2. The van der Waals surface area contributed by atoms with E-state index in [0.717, 1.165) is 5.39 Å². The zero-order chi connectivity index (χ0) is 18.7. The summed E-state index contributed by atoms with van der Waals surface area (Å²) >= 11 is 0. The van der Waals surface area contributed by atoms with Gasteiger partial charge in [-0.2, -0.15) is 13.2 Å². The van der Waals surface area contributed by atoms with Gasteiger partial charge in [-0.1, -0.05) is 0 Å². The van der Waals surface area contributed by atoms with Crippen molar-refractivity contribution >= 4 is 16.9 Å². The highest BCUT2D eigenvalue weighted by Gasteiger charge is 2.29. The highest BCUT2D eigenvalue weighted by Crippen LogP contribution is 2.24. The molecule has 4 N–H and O–H groups in total. The molecule has 3 rings (SSSR count). The van der Waals surface area contributed by atoms with Crippen molar-refractivity contribution in [3.8, 4) is 11.4 Å². The van der Waals surface area contributed by atoms with Crippen molar-refractivity contribution in [2.24, 2.45) is 0 Å². The first kappa shape index (κ1) is 18.0. The molecule has 2 atom stereocenters. The molecule has 0 spiro atoms. The van der Waals surface area contributed by atoms with Gasteiger partial charge < -0.3 is 15.4 Å². The minimum Gasteiger partial charge on any atom is -0.376 e. The molecule has 26 heavy (non-hydrogen) atoms. The van der Waals surface area contributed by atoms with E-state index < -0.39 is 25.0 Å². The van der Waals surface area contributed by atoms with Crippen LogP contribution in [0.2, 0.25) is 0 Å². The quantitative estimate of drug-likeness (QED) is 0.491. The Hall–Kier alpha value is -2.79. The number of aliphatic hydroxyl groups excluding tert-OH is 1. The number of halogens is 3. The van der Waals surface area contributed by atoms with Crippen LogP contribution >= 0.6 is 0 Å². The zero-order valence-electron chi connectivity index (χ0n) is 13.6. The molecule has 3 aromatic heterocycles. The van der Waals surface area contributed by atoms with Crippen LogP contribution in [0.15, 0.2) is 31.0 Å². The van der Waals surface area contributed by atoms with Gasteiger partial charge in [0.2, 0.25) is 0 Å². The highest BCUT2D eigenvalue weighted by molar-refractivity contribution is 5.90. The molecule has 1 unspecified atom stereocenters. The number of aromatic amines is 1. The molecule has 0 aliphatic rings. The van der Waals surface area contributed by atoms with Gasteiger partial charge in [0.15, 0.2) is 5.82 Å². The summed E-state index contributed by atoms with van der Waals surface area (Å²) in [5.41, 5.74) is 1.32. The number of nitrogens with zero attached hydrogens (tertiary/aromatic N) is 4. The van der Waals surface area contributed by atoms with Gasteiger partial charge in [-0.3, -0.25) is 5.32 Å². The Bertz CT molecular complexity index is 883. The summed E-state index contributed by atoms with van der Waals surface area (Å²) in [6, 6.07) is 0.841. The van der Waals surface area contributed by atoms with E-state index >= 15 is 0 Å². The van der Waals surface area contributed by atoms with Crippen LogP contribution in [0, 0.1) is 0 Å². The second kappa shape index (κ2) is 7.22. The summed E-state index contributed by atoms with van der Waals surface area (Å²) in [5, 5.41) is 15.4. The first-order valence-corrected chi connectivity index (χ1v) is 7.69. The normalized spacial score (nSPS) is 14.3. The molecule has 0 saturated carbocycles. The monoisotopic (exact) mass is 367 g/mol. The summed E-state index contributed by atoms with van der Waals surface area (Å²) in [4.78, 5) is 19.6. The van der Waals surface area contributed by atoms with Crippen LogP contribution in [0.4, 0.5) is 19.0 Å². The van der Waals surface area contributed by atoms with Crippen molar-refractivity contribution < 1.29 is 18.3 Å². The third-order valence-corrected chi connectivity index (χ3v) is 3.61. The maximum Gasteiger partial charge on any atom is 0.401 e. The molecule has 0 fully saturated rings. The fourth-order valence-corrected chi connectivity index (χ4v) is 2.32. The van der Waals surface area contributed by atoms with Gasteiger partial charge in [0, 0.05) is 29.5 Å². The van der Waals surface area contributed by atoms with Crippen LogP contribution in [0.5, 0.6) is 0 Å². The van der Waals surface area contributed by atoms with E-state index in [1.165, 1.54) is 19.4 Å². The van der Waals surface area contributed by atoms with E-state index in [9.17, 15) is 18.3 Å². The van der Waals surface area contributed by atoms with Crippen molar-refractivity contribution in [3.63, 3.8) is 0 Å². The maximum absolute atomic E-state index is 12.2. The molecular formula is C15H16F3N7O. The summed E-state index contributed by atoms with van der Waals surface area (Å²) in [6.07, 6.45) is 0.442. The number of aliphatic hydroxyl groups is 1. The van der Waals surface area contributed by atoms with Crippen molar-refractivity contribution in [1.29, 1.82) is 0 Å². The van der Waals surface area contributed by atoms with E-state index in [1.807, 2.05) is 5.32 Å². The average Bonchev–Trinajstić information content (AvgIpc) is 3.03. The number of rotatable bonds is 6. The van der Waals surface area contributed by atoms with Crippen LogP contribution in [0.3, 0.4) is 0 Å². The van der Waals surface area contributed by atoms with E-state index in [1.54, 1.807) is 18.5 Å². The Morgan fingerprint density at radius 1 is 1.31 bits per heavy atom. The van der Waals surface area contributed by atoms with Gasteiger partial charge in [-0.25, -0.2) is 19.9 Å². The van der Waals surface area contributed by atoms with Gasteiger partial charge in [-0.05, 0) is 13.0 Å². The summed E-state index contributed by atoms with van der Waals surface area (Å²) in [6.45, 7) is 0.250. The molecule has 0 aliphatic carbocycles. The predicted molar refractivity (Wildman–Crippen MR) is 88.1 cm³/mol. The number of fused-ring (bicyclic) bond motifs is 1. The van der Waals surface area contributed by atoms with Crippen molar-refractivity contribution in [2.75, 3.05) is 11.9 Å². The summed E-state index contributed by atoms with van der Waals surface area (Å²) < 4.78 is 36.6. The van der Waals surface area contributed by atoms with Gasteiger partial charge >= 0.3 is 6.18 Å². The third-order valence-electron chi connectivity index (χ3n) is 3.61. The van der Waals surface area contributed by atoms with Gasteiger partial charge in [0.1, 0.15) is 24.0 Å². The highest BCUT2D eigenvalue weighted by atomic mass is 19.4. The minimum absolute atomic E-state index is 0.363. The molecule has 0 bridgehead atoms. The lowest BCUT2D eigenvalue weighted by molar-refractivity contribution is -0.131. The molecule has 3 heterocycles. The molecule has 0 amide bonds. The van der Waals surface area contributed by atoms with Crippen LogP contribution in [0.25, 0.3) is 22.4 Å². The Balaban J connectivity index is 1.73. The van der Waals surface area contributed by atoms with Gasteiger partial charge in [0.05, 0.1) is 12.6 Å². The van der Waals surface area contributed by atoms with E-state index in [4.69, 9.17) is 0 Å². The van der Waals surface area contributed by atoms with Crippen molar-refractivity contribution in [2.45, 2.75) is 25.4 Å². The topological polar surface area (TPSA) is 112 Å². The third kappa shape index (κ3) is 4.24. The second-order valence-electron chi connectivity index (χ2n) is 5.63. The molecule has 0 radical (unpaired) electrons. The number of nitrogens with one attached hydrogen (secondary N) is 3. The Labute approximate surface area is 145 Å². The smallest absolute Gasteiger partial charge is 0.376 e. The number of alkyl halides is 3. The number of H-pyrrole nitrogens is 1. The lowest BCUT2D eigenvalue weighted by Gasteiger charge is -2.22. The van der Waals surface area contributed by atoms with Gasteiger partial charge in [-0.15, -0.1) is 0 Å². The molecule has 3 aromatic rings. The standard InChI is InChI=1S/C15H16F3N7O/c1-8(14(26)22-6-15(16,17)18)24-11-2-3-20-13(25-11)10-5-21-12-9(10)4-19-7-23-12/h2-5,7-8,14,22,26H,6H2,1H3,(H,19,21,23)(H,20,24,25)/t8-,14?/m1/s1. The largest absolute Gasteiger partial charge is 0.401 e. The Morgan fingerprint density at radius 3 is 2.88 bits per heavy atom. The van der Waals surface area contributed by atoms with E-state index in [0.29, 0.717) is 22.9 Å². The first-order chi connectivity index (χ1) is 12.3. The van der Waals surface area contributed by atoms with Gasteiger partial charge in [0.25, 0.3) is 0 Å². The van der Waals surface area contributed by atoms with Crippen molar-refractivity contribution in [3.05, 3.63) is 31.0 Å². The second-order valence-corrected chi connectivity index (χ2v) is 5.63. The Morgan fingerprint density at radius 2 is 2.12 bits per heavy atom. The maximum atomic E-state index is 12.2. The molecule has 0 saturated heterocycles. The first-order valence-electron chi connectivity index (χ1n) is 7.69.